The van der Waals surface area contributed by atoms with Crippen LogP contribution < -0.4 is 0 Å². The molecule has 2 amide bonds. The van der Waals surface area contributed by atoms with E-state index in [4.69, 9.17) is 0 Å². The van der Waals surface area contributed by atoms with E-state index < -0.39 is 5.91 Å². The lowest BCUT2D eigenvalue weighted by Gasteiger charge is -2.19. The Hall–Kier alpha value is -5.20. The Bertz CT molecular complexity index is 1750. The summed E-state index contributed by atoms with van der Waals surface area (Å²) >= 11 is 0. The average molecular weight is 469 g/mol. The van der Waals surface area contributed by atoms with Crippen LogP contribution in [-0.4, -0.2) is 28.8 Å². The Balaban J connectivity index is 1.96. The maximum atomic E-state index is 13.3. The molecule has 172 valence electrons. The molecule has 0 aliphatic carbocycles. The van der Waals surface area contributed by atoms with Gasteiger partial charge in [-0.1, -0.05) is 48.5 Å². The molecule has 1 heterocycles. The number of hydrogen-bond acceptors (Lipinski definition) is 4. The highest BCUT2D eigenvalue weighted by atomic mass is 16.2. The number of aromatic nitrogens is 1. The standard InChI is InChI=1S/C30H20N4O2/c1-19-7-5-12-27(28(19)30(36)33(2)18-35)34-26-11-4-3-8-24(26)25-10-6-9-23(29(25)34)22-14-20(16-31)13-21(15-22)17-32/h3-15,18H,1-2H3. The summed E-state index contributed by atoms with van der Waals surface area (Å²) in [7, 11) is 1.44. The van der Waals surface area contributed by atoms with Crippen molar-refractivity contribution in [2.45, 2.75) is 6.92 Å². The molecule has 0 aliphatic rings. The van der Waals surface area contributed by atoms with Gasteiger partial charge in [-0.15, -0.1) is 0 Å². The zero-order chi connectivity index (χ0) is 25.4. The van der Waals surface area contributed by atoms with Gasteiger partial charge in [0.05, 0.1) is 45.5 Å². The van der Waals surface area contributed by atoms with Crippen LogP contribution in [-0.2, 0) is 4.79 Å². The van der Waals surface area contributed by atoms with Crippen LogP contribution in [0.15, 0.2) is 78.9 Å². The van der Waals surface area contributed by atoms with Gasteiger partial charge in [-0.05, 0) is 48.4 Å². The third-order valence-corrected chi connectivity index (χ3v) is 6.38. The largest absolute Gasteiger partial charge is 0.308 e. The predicted molar refractivity (Wildman–Crippen MR) is 139 cm³/mol. The first-order chi connectivity index (χ1) is 17.5. The fourth-order valence-electron chi connectivity index (χ4n) is 4.76. The first-order valence-electron chi connectivity index (χ1n) is 11.3. The van der Waals surface area contributed by atoms with E-state index in [-0.39, 0.29) is 0 Å². The van der Waals surface area contributed by atoms with Crippen LogP contribution >= 0.6 is 0 Å². The van der Waals surface area contributed by atoms with E-state index >= 15 is 0 Å². The van der Waals surface area contributed by atoms with Gasteiger partial charge in [-0.3, -0.25) is 14.5 Å². The molecule has 0 saturated heterocycles. The van der Waals surface area contributed by atoms with Gasteiger partial charge in [0.15, 0.2) is 0 Å². The number of carbonyl (C=O) groups excluding carboxylic acids is 2. The Morgan fingerprint density at radius 3 is 2.25 bits per heavy atom. The van der Waals surface area contributed by atoms with Crippen LogP contribution in [0.25, 0.3) is 38.6 Å². The van der Waals surface area contributed by atoms with Crippen molar-refractivity contribution >= 4 is 34.1 Å². The number of fused-ring (bicyclic) bond motifs is 3. The summed E-state index contributed by atoms with van der Waals surface area (Å²) in [6.45, 7) is 1.85. The van der Waals surface area contributed by atoms with Crippen LogP contribution in [0.2, 0.25) is 0 Å². The third-order valence-electron chi connectivity index (χ3n) is 6.38. The first-order valence-corrected chi connectivity index (χ1v) is 11.3. The normalized spacial score (nSPS) is 10.7. The molecule has 0 saturated carbocycles. The first kappa shape index (κ1) is 22.6. The van der Waals surface area contributed by atoms with Crippen molar-refractivity contribution in [2.24, 2.45) is 0 Å². The second-order valence-electron chi connectivity index (χ2n) is 8.57. The summed E-state index contributed by atoms with van der Waals surface area (Å²) in [5, 5.41) is 21.1. The molecule has 1 aromatic heterocycles. The molecule has 0 unspecified atom stereocenters. The molecule has 5 rings (SSSR count). The SMILES string of the molecule is Cc1cccc(-n2c3ccccc3c3cccc(-c4cc(C#N)cc(C#N)c4)c32)c1C(=O)N(C)C=O. The van der Waals surface area contributed by atoms with Gasteiger partial charge in [-0.2, -0.15) is 10.5 Å². The molecule has 0 radical (unpaired) electrons. The molecule has 0 atom stereocenters. The summed E-state index contributed by atoms with van der Waals surface area (Å²) in [6.07, 6.45) is 0.507. The molecule has 6 nitrogen and oxygen atoms in total. The number of rotatable bonds is 4. The van der Waals surface area contributed by atoms with E-state index in [0.29, 0.717) is 28.8 Å². The van der Waals surface area contributed by atoms with Crippen LogP contribution in [0.1, 0.15) is 27.0 Å². The summed E-state index contributed by atoms with van der Waals surface area (Å²) in [5.74, 6) is -0.403. The average Bonchev–Trinajstić information content (AvgIpc) is 3.26. The second-order valence-corrected chi connectivity index (χ2v) is 8.57. The lowest BCUT2D eigenvalue weighted by atomic mass is 9.98. The third kappa shape index (κ3) is 3.50. The number of carbonyl (C=O) groups is 2. The van der Waals surface area contributed by atoms with Gasteiger partial charge in [-0.25, -0.2) is 0 Å². The van der Waals surface area contributed by atoms with Crippen molar-refractivity contribution in [3.05, 3.63) is 101 Å². The summed E-state index contributed by atoms with van der Waals surface area (Å²) in [6, 6.07) is 28.8. The van der Waals surface area contributed by atoms with E-state index in [2.05, 4.69) is 12.1 Å². The molecule has 0 N–H and O–H groups in total. The van der Waals surface area contributed by atoms with Gasteiger partial charge in [0, 0.05) is 23.4 Å². The van der Waals surface area contributed by atoms with Crippen molar-refractivity contribution in [3.8, 4) is 29.0 Å². The lowest BCUT2D eigenvalue weighted by Crippen LogP contribution is -2.27. The second kappa shape index (κ2) is 8.87. The van der Waals surface area contributed by atoms with Crippen molar-refractivity contribution in [2.75, 3.05) is 7.05 Å². The number of benzene rings is 4. The highest BCUT2D eigenvalue weighted by Gasteiger charge is 2.23. The van der Waals surface area contributed by atoms with Crippen LogP contribution in [0.3, 0.4) is 0 Å². The maximum absolute atomic E-state index is 13.3. The maximum Gasteiger partial charge on any atom is 0.262 e. The fraction of sp³-hybridized carbons (Fsp3) is 0.0667. The predicted octanol–water partition coefficient (Wildman–Crippen LogP) is 5.73. The Morgan fingerprint density at radius 2 is 1.56 bits per heavy atom. The Labute approximate surface area is 207 Å². The lowest BCUT2D eigenvalue weighted by molar-refractivity contribution is -0.115. The van der Waals surface area contributed by atoms with E-state index in [1.54, 1.807) is 18.2 Å². The monoisotopic (exact) mass is 468 g/mol. The van der Waals surface area contributed by atoms with Gasteiger partial charge in [0.25, 0.3) is 5.91 Å². The van der Waals surface area contributed by atoms with E-state index in [0.717, 1.165) is 43.4 Å². The zero-order valence-corrected chi connectivity index (χ0v) is 19.7. The van der Waals surface area contributed by atoms with E-state index in [1.165, 1.54) is 7.05 Å². The molecular formula is C30H20N4O2. The molecule has 4 aromatic carbocycles. The van der Waals surface area contributed by atoms with Gasteiger partial charge < -0.3 is 4.57 Å². The van der Waals surface area contributed by atoms with Crippen LogP contribution in [0.5, 0.6) is 0 Å². The van der Waals surface area contributed by atoms with E-state index in [1.807, 2.05) is 72.2 Å². The number of amides is 2. The summed E-state index contributed by atoms with van der Waals surface area (Å²) < 4.78 is 2.03. The van der Waals surface area contributed by atoms with Crippen molar-refractivity contribution < 1.29 is 9.59 Å². The number of nitriles is 2. The molecule has 36 heavy (non-hydrogen) atoms. The summed E-state index contributed by atoms with van der Waals surface area (Å²) in [5.41, 5.74) is 5.87. The highest BCUT2D eigenvalue weighted by Crippen LogP contribution is 2.39. The van der Waals surface area contributed by atoms with E-state index in [9.17, 15) is 20.1 Å². The van der Waals surface area contributed by atoms with Crippen molar-refractivity contribution in [3.63, 3.8) is 0 Å². The molecule has 0 fully saturated rings. The van der Waals surface area contributed by atoms with Crippen molar-refractivity contribution in [1.29, 1.82) is 10.5 Å². The molecule has 0 aliphatic heterocycles. The molecule has 6 heteroatoms. The van der Waals surface area contributed by atoms with Crippen LogP contribution in [0.4, 0.5) is 0 Å². The molecular weight excluding hydrogens is 448 g/mol. The zero-order valence-electron chi connectivity index (χ0n) is 19.7. The fourth-order valence-corrected chi connectivity index (χ4v) is 4.76. The molecule has 0 spiro atoms. The van der Waals surface area contributed by atoms with Crippen LogP contribution in [0, 0.1) is 29.6 Å². The number of para-hydroxylation sites is 2. The smallest absolute Gasteiger partial charge is 0.262 e. The highest BCUT2D eigenvalue weighted by molar-refractivity contribution is 6.15. The Kier molecular flexibility index (Phi) is 5.56. The van der Waals surface area contributed by atoms with Gasteiger partial charge in [0.1, 0.15) is 0 Å². The number of imide groups is 1. The van der Waals surface area contributed by atoms with Gasteiger partial charge in [0.2, 0.25) is 6.41 Å². The quantitative estimate of drug-likeness (QED) is 0.315. The summed E-state index contributed by atoms with van der Waals surface area (Å²) in [4.78, 5) is 25.8. The topological polar surface area (TPSA) is 89.9 Å². The Morgan fingerprint density at radius 1 is 0.889 bits per heavy atom. The number of hydrogen-bond donors (Lipinski definition) is 0. The minimum atomic E-state index is -0.403. The minimum Gasteiger partial charge on any atom is -0.308 e. The van der Waals surface area contributed by atoms with Gasteiger partial charge >= 0.3 is 0 Å². The molecule has 0 bridgehead atoms. The minimum absolute atomic E-state index is 0.391. The molecule has 5 aromatic rings. The van der Waals surface area contributed by atoms with Crippen molar-refractivity contribution in [1.82, 2.24) is 9.47 Å². The number of aryl methyl sites for hydroxylation is 1. The number of nitrogens with zero attached hydrogens (tertiary/aromatic N) is 4.